The van der Waals surface area contributed by atoms with Gasteiger partial charge < -0.3 is 10.0 Å². The van der Waals surface area contributed by atoms with Crippen molar-refractivity contribution < 1.29 is 14.7 Å². The molecule has 0 aromatic carbocycles. The third-order valence-corrected chi connectivity index (χ3v) is 4.01. The van der Waals surface area contributed by atoms with E-state index in [9.17, 15) is 9.59 Å². The van der Waals surface area contributed by atoms with Gasteiger partial charge in [-0.2, -0.15) is 0 Å². The second-order valence-electron chi connectivity index (χ2n) is 7.32. The summed E-state index contributed by atoms with van der Waals surface area (Å²) in [7, 11) is 0. The summed E-state index contributed by atoms with van der Waals surface area (Å²) in [6.45, 7) is 12.6. The van der Waals surface area contributed by atoms with E-state index in [2.05, 4.69) is 18.7 Å². The Hall–Kier alpha value is -1.10. The molecule has 0 spiro atoms. The molecule has 1 N–H and O–H groups in total. The quantitative estimate of drug-likeness (QED) is 0.781. The van der Waals surface area contributed by atoms with Crippen molar-refractivity contribution in [2.75, 3.05) is 32.7 Å². The van der Waals surface area contributed by atoms with Gasteiger partial charge in [0.1, 0.15) is 0 Å². The third-order valence-electron chi connectivity index (χ3n) is 4.01. The Labute approximate surface area is 128 Å². The van der Waals surface area contributed by atoms with Crippen LogP contribution in [-0.4, -0.2) is 59.5 Å². The maximum absolute atomic E-state index is 12.3. The van der Waals surface area contributed by atoms with Crippen LogP contribution in [0.3, 0.4) is 0 Å². The van der Waals surface area contributed by atoms with E-state index in [0.29, 0.717) is 12.3 Å². The number of carbonyl (C=O) groups excluding carboxylic acids is 1. The Kier molecular flexibility index (Phi) is 6.65. The molecular formula is C16H30N2O3. The van der Waals surface area contributed by atoms with E-state index < -0.39 is 11.4 Å². The van der Waals surface area contributed by atoms with Gasteiger partial charge in [0.05, 0.1) is 6.42 Å². The van der Waals surface area contributed by atoms with Crippen LogP contribution in [0.2, 0.25) is 0 Å². The van der Waals surface area contributed by atoms with Crippen LogP contribution in [0.15, 0.2) is 0 Å². The lowest BCUT2D eigenvalue weighted by Crippen LogP contribution is -2.49. The first kappa shape index (κ1) is 18.0. The predicted molar refractivity (Wildman–Crippen MR) is 83.1 cm³/mol. The molecule has 21 heavy (non-hydrogen) atoms. The van der Waals surface area contributed by atoms with Gasteiger partial charge in [0.2, 0.25) is 5.91 Å². The molecule has 0 aliphatic carbocycles. The van der Waals surface area contributed by atoms with E-state index in [1.54, 1.807) is 0 Å². The van der Waals surface area contributed by atoms with Gasteiger partial charge >= 0.3 is 5.97 Å². The summed E-state index contributed by atoms with van der Waals surface area (Å²) in [5.41, 5.74) is -0.475. The highest BCUT2D eigenvalue weighted by Gasteiger charge is 2.29. The fraction of sp³-hybridized carbons (Fsp3) is 0.875. The molecule has 0 radical (unpaired) electrons. The number of hydrogen-bond donors (Lipinski definition) is 1. The minimum Gasteiger partial charge on any atom is -0.481 e. The molecule has 0 atom stereocenters. The molecule has 0 saturated carbocycles. The molecule has 0 aromatic heterocycles. The normalized spacial score (nSPS) is 17.3. The highest BCUT2D eigenvalue weighted by Crippen LogP contribution is 2.26. The summed E-state index contributed by atoms with van der Waals surface area (Å²) in [4.78, 5) is 27.4. The van der Waals surface area contributed by atoms with Gasteiger partial charge in [-0.3, -0.25) is 14.5 Å². The molecule has 1 fully saturated rings. The van der Waals surface area contributed by atoms with Crippen molar-refractivity contribution in [1.82, 2.24) is 9.80 Å². The molecule has 1 saturated heterocycles. The topological polar surface area (TPSA) is 60.9 Å². The van der Waals surface area contributed by atoms with E-state index >= 15 is 0 Å². The number of carboxylic acids is 1. The SMILES string of the molecule is CC(C)CCN1CCN(C(=O)CC(C)(C)CC(=O)O)CC1. The molecule has 0 unspecified atom stereocenters. The van der Waals surface area contributed by atoms with Crippen molar-refractivity contribution in [2.24, 2.45) is 11.3 Å². The number of carbonyl (C=O) groups is 2. The number of rotatable bonds is 7. The number of piperazine rings is 1. The average Bonchev–Trinajstić information content (AvgIpc) is 2.34. The molecular weight excluding hydrogens is 268 g/mol. The Morgan fingerprint density at radius 2 is 1.67 bits per heavy atom. The zero-order valence-corrected chi connectivity index (χ0v) is 13.9. The Bertz CT molecular complexity index is 359. The van der Waals surface area contributed by atoms with Crippen LogP contribution < -0.4 is 0 Å². The molecule has 5 nitrogen and oxygen atoms in total. The van der Waals surface area contributed by atoms with Crippen molar-refractivity contribution in [3.63, 3.8) is 0 Å². The van der Waals surface area contributed by atoms with E-state index in [0.717, 1.165) is 32.7 Å². The molecule has 1 aliphatic rings. The number of aliphatic carboxylic acids is 1. The molecule has 0 bridgehead atoms. The minimum atomic E-state index is -0.841. The van der Waals surface area contributed by atoms with Gasteiger partial charge in [0.25, 0.3) is 0 Å². The van der Waals surface area contributed by atoms with Crippen LogP contribution in [0.25, 0.3) is 0 Å². The molecule has 1 amide bonds. The number of carboxylic acid groups (broad SMARTS) is 1. The second kappa shape index (κ2) is 7.78. The van der Waals surface area contributed by atoms with Crippen molar-refractivity contribution >= 4 is 11.9 Å². The van der Waals surface area contributed by atoms with Crippen molar-refractivity contribution in [2.45, 2.75) is 47.0 Å². The van der Waals surface area contributed by atoms with E-state index in [1.807, 2.05) is 18.7 Å². The van der Waals surface area contributed by atoms with E-state index in [1.165, 1.54) is 6.42 Å². The lowest BCUT2D eigenvalue weighted by Gasteiger charge is -2.36. The lowest BCUT2D eigenvalue weighted by atomic mass is 9.85. The molecule has 1 rings (SSSR count). The summed E-state index contributed by atoms with van der Waals surface area (Å²) in [6, 6.07) is 0. The lowest BCUT2D eigenvalue weighted by molar-refractivity contribution is -0.141. The fourth-order valence-electron chi connectivity index (χ4n) is 2.65. The van der Waals surface area contributed by atoms with Gasteiger partial charge in [0, 0.05) is 32.6 Å². The van der Waals surface area contributed by atoms with Gasteiger partial charge in [0.15, 0.2) is 0 Å². The van der Waals surface area contributed by atoms with Crippen LogP contribution in [-0.2, 0) is 9.59 Å². The molecule has 122 valence electrons. The van der Waals surface area contributed by atoms with Crippen molar-refractivity contribution in [3.8, 4) is 0 Å². The zero-order valence-electron chi connectivity index (χ0n) is 13.9. The van der Waals surface area contributed by atoms with E-state index in [-0.39, 0.29) is 12.3 Å². The molecule has 1 aliphatic heterocycles. The average molecular weight is 298 g/mol. The predicted octanol–water partition coefficient (Wildman–Crippen LogP) is 2.07. The van der Waals surface area contributed by atoms with E-state index in [4.69, 9.17) is 5.11 Å². The summed E-state index contributed by atoms with van der Waals surface area (Å²) in [5, 5.41) is 8.88. The van der Waals surface area contributed by atoms with Crippen molar-refractivity contribution in [1.29, 1.82) is 0 Å². The number of hydrogen-bond acceptors (Lipinski definition) is 3. The Balaban J connectivity index is 2.36. The Morgan fingerprint density at radius 3 is 2.14 bits per heavy atom. The molecule has 0 aromatic rings. The van der Waals surface area contributed by atoms with Crippen LogP contribution in [0, 0.1) is 11.3 Å². The van der Waals surface area contributed by atoms with Gasteiger partial charge in [-0.15, -0.1) is 0 Å². The van der Waals surface area contributed by atoms with Gasteiger partial charge in [-0.25, -0.2) is 0 Å². The second-order valence-corrected chi connectivity index (χ2v) is 7.32. The zero-order chi connectivity index (χ0) is 16.0. The summed E-state index contributed by atoms with van der Waals surface area (Å²) < 4.78 is 0. The first-order valence-corrected chi connectivity index (χ1v) is 7.91. The summed E-state index contributed by atoms with van der Waals surface area (Å²) >= 11 is 0. The minimum absolute atomic E-state index is 0.0348. The first-order chi connectivity index (χ1) is 9.69. The smallest absolute Gasteiger partial charge is 0.303 e. The monoisotopic (exact) mass is 298 g/mol. The maximum atomic E-state index is 12.3. The van der Waals surface area contributed by atoms with Crippen LogP contribution in [0.4, 0.5) is 0 Å². The third kappa shape index (κ3) is 6.93. The van der Waals surface area contributed by atoms with Crippen LogP contribution in [0.1, 0.15) is 47.0 Å². The Morgan fingerprint density at radius 1 is 1.10 bits per heavy atom. The standard InChI is InChI=1S/C16H30N2O3/c1-13(2)5-6-17-7-9-18(10-8-17)14(19)11-16(3,4)12-15(20)21/h13H,5-12H2,1-4H3,(H,20,21). The van der Waals surface area contributed by atoms with Crippen LogP contribution >= 0.6 is 0 Å². The first-order valence-electron chi connectivity index (χ1n) is 7.91. The molecule has 1 heterocycles. The fourth-order valence-corrected chi connectivity index (χ4v) is 2.65. The summed E-state index contributed by atoms with van der Waals surface area (Å²) in [6.07, 6.45) is 1.54. The van der Waals surface area contributed by atoms with Gasteiger partial charge in [-0.1, -0.05) is 27.7 Å². The van der Waals surface area contributed by atoms with Gasteiger partial charge in [-0.05, 0) is 24.3 Å². The molecule has 5 heteroatoms. The highest BCUT2D eigenvalue weighted by molar-refractivity contribution is 5.78. The van der Waals surface area contributed by atoms with Crippen LogP contribution in [0.5, 0.6) is 0 Å². The van der Waals surface area contributed by atoms with Crippen molar-refractivity contribution in [3.05, 3.63) is 0 Å². The highest BCUT2D eigenvalue weighted by atomic mass is 16.4. The largest absolute Gasteiger partial charge is 0.481 e. The number of amides is 1. The maximum Gasteiger partial charge on any atom is 0.303 e. The summed E-state index contributed by atoms with van der Waals surface area (Å²) in [5.74, 6) is -0.0439. The number of nitrogens with zero attached hydrogens (tertiary/aromatic N) is 2.